The van der Waals surface area contributed by atoms with Gasteiger partial charge < -0.3 is 5.73 Å². The van der Waals surface area contributed by atoms with Crippen LogP contribution >= 0.6 is 23.2 Å². The van der Waals surface area contributed by atoms with Crippen LogP contribution in [-0.2, 0) is 0 Å². The normalized spacial score (nSPS) is 10.5. The van der Waals surface area contributed by atoms with Crippen molar-refractivity contribution in [2.75, 3.05) is 19.8 Å². The molecule has 0 heterocycles. The smallest absolute Gasteiger partial charge is 0.265 e. The van der Waals surface area contributed by atoms with E-state index >= 15 is 0 Å². The lowest BCUT2D eigenvalue weighted by Crippen LogP contribution is -2.36. The van der Waals surface area contributed by atoms with Crippen LogP contribution in [-0.4, -0.2) is 25.0 Å². The van der Waals surface area contributed by atoms with Gasteiger partial charge in [-0.15, -0.1) is 0 Å². The highest BCUT2D eigenvalue weighted by molar-refractivity contribution is 6.43. The van der Waals surface area contributed by atoms with Gasteiger partial charge >= 0.3 is 0 Å². The topological polar surface area (TPSA) is 58.4 Å². The zero-order valence-electron chi connectivity index (χ0n) is 8.34. The third kappa shape index (κ3) is 2.99. The molecule has 1 aromatic rings. The molecule has 0 aliphatic carbocycles. The quantitative estimate of drug-likeness (QED) is 0.619. The van der Waals surface area contributed by atoms with Gasteiger partial charge in [-0.05, 0) is 12.1 Å². The highest BCUT2D eigenvalue weighted by atomic mass is 35.5. The lowest BCUT2D eigenvalue weighted by atomic mass is 10.2. The van der Waals surface area contributed by atoms with Gasteiger partial charge in [0, 0.05) is 19.7 Å². The van der Waals surface area contributed by atoms with Gasteiger partial charge in [0.25, 0.3) is 5.91 Å². The summed E-state index contributed by atoms with van der Waals surface area (Å²) in [4.78, 5) is 11.6. The van der Waals surface area contributed by atoms with Crippen LogP contribution in [0.4, 0.5) is 5.69 Å². The van der Waals surface area contributed by atoms with Gasteiger partial charge in [0.15, 0.2) is 0 Å². The number of nitrogen functional groups attached to an aromatic ring is 1. The van der Waals surface area contributed by atoms with Gasteiger partial charge in [0.1, 0.15) is 0 Å². The van der Waals surface area contributed by atoms with E-state index in [9.17, 15) is 4.79 Å². The van der Waals surface area contributed by atoms with Crippen molar-refractivity contribution >= 4 is 34.8 Å². The first-order valence-corrected chi connectivity index (χ1v) is 4.90. The third-order valence-corrected chi connectivity index (χ3v) is 2.46. The van der Waals surface area contributed by atoms with Crippen molar-refractivity contribution < 1.29 is 4.79 Å². The number of hydrogen-bond acceptors (Lipinski definition) is 3. The predicted molar refractivity (Wildman–Crippen MR) is 62.0 cm³/mol. The molecule has 4 nitrogen and oxygen atoms in total. The van der Waals surface area contributed by atoms with Gasteiger partial charge in [-0.3, -0.25) is 10.2 Å². The van der Waals surface area contributed by atoms with Crippen LogP contribution in [0, 0.1) is 0 Å². The molecule has 0 radical (unpaired) electrons. The fourth-order valence-corrected chi connectivity index (χ4v) is 1.34. The van der Waals surface area contributed by atoms with Gasteiger partial charge in [-0.2, -0.15) is 0 Å². The minimum absolute atomic E-state index is 0.262. The Kier molecular flexibility index (Phi) is 3.79. The molecule has 0 atom stereocenters. The molecule has 3 N–H and O–H groups in total. The molecule has 0 aliphatic rings. The second-order valence-electron chi connectivity index (χ2n) is 3.20. The maximum absolute atomic E-state index is 11.6. The minimum atomic E-state index is -0.287. The molecule has 1 aromatic carbocycles. The second-order valence-corrected chi connectivity index (χ2v) is 3.98. The molecular formula is C9H11Cl2N3O. The first-order valence-electron chi connectivity index (χ1n) is 4.14. The largest absolute Gasteiger partial charge is 0.397 e. The van der Waals surface area contributed by atoms with Crippen LogP contribution in [0.1, 0.15) is 10.4 Å². The predicted octanol–water partition coefficient (Wildman–Crippen LogP) is 1.78. The number of benzene rings is 1. The number of nitrogens with two attached hydrogens (primary N) is 1. The molecule has 0 saturated heterocycles. The van der Waals surface area contributed by atoms with Crippen molar-refractivity contribution in [3.05, 3.63) is 27.7 Å². The summed E-state index contributed by atoms with van der Waals surface area (Å²) >= 11 is 11.6. The van der Waals surface area contributed by atoms with Crippen molar-refractivity contribution in [3.8, 4) is 0 Å². The van der Waals surface area contributed by atoms with E-state index in [4.69, 9.17) is 28.9 Å². The minimum Gasteiger partial charge on any atom is -0.397 e. The molecule has 0 bridgehead atoms. The summed E-state index contributed by atoms with van der Waals surface area (Å²) in [5, 5.41) is 2.06. The summed E-state index contributed by atoms with van der Waals surface area (Å²) in [6.45, 7) is 0. The van der Waals surface area contributed by atoms with Crippen molar-refractivity contribution in [3.63, 3.8) is 0 Å². The molecule has 0 spiro atoms. The number of anilines is 1. The number of amides is 1. The molecule has 1 amide bonds. The zero-order valence-corrected chi connectivity index (χ0v) is 9.86. The van der Waals surface area contributed by atoms with Crippen molar-refractivity contribution in [1.82, 2.24) is 10.4 Å². The lowest BCUT2D eigenvalue weighted by molar-refractivity contribution is 0.0857. The number of nitrogens with one attached hydrogen (secondary N) is 1. The van der Waals surface area contributed by atoms with Gasteiger partial charge in [-0.25, -0.2) is 5.01 Å². The third-order valence-electron chi connectivity index (χ3n) is 1.64. The Balaban J connectivity index is 3.01. The summed E-state index contributed by atoms with van der Waals surface area (Å²) in [7, 11) is 3.41. The van der Waals surface area contributed by atoms with E-state index in [2.05, 4.69) is 5.43 Å². The van der Waals surface area contributed by atoms with E-state index in [0.717, 1.165) is 0 Å². The molecule has 0 saturated carbocycles. The van der Waals surface area contributed by atoms with Crippen LogP contribution in [0.3, 0.4) is 0 Å². The number of carbonyl (C=O) groups is 1. The van der Waals surface area contributed by atoms with E-state index in [0.29, 0.717) is 5.56 Å². The zero-order chi connectivity index (χ0) is 11.6. The van der Waals surface area contributed by atoms with E-state index in [1.165, 1.54) is 17.1 Å². The van der Waals surface area contributed by atoms with E-state index in [1.54, 1.807) is 14.1 Å². The Morgan fingerprint density at radius 2 is 2.00 bits per heavy atom. The first kappa shape index (κ1) is 12.1. The standard InChI is InChI=1S/C9H11Cl2N3O/c1-14(2)13-9(15)5-3-6(10)8(11)7(12)4-5/h3-4H,12H2,1-2H3,(H,13,15). The fraction of sp³-hybridized carbons (Fsp3) is 0.222. The Bertz CT molecular complexity index is 370. The van der Waals surface area contributed by atoms with Gasteiger partial charge in [0.05, 0.1) is 15.7 Å². The number of halogens is 2. The summed E-state index contributed by atoms with van der Waals surface area (Å²) in [6.07, 6.45) is 0. The van der Waals surface area contributed by atoms with Crippen LogP contribution in [0.25, 0.3) is 0 Å². The summed E-state index contributed by atoms with van der Waals surface area (Å²) < 4.78 is 0. The average Bonchev–Trinajstić information content (AvgIpc) is 2.12. The van der Waals surface area contributed by atoms with Crippen LogP contribution in [0.15, 0.2) is 12.1 Å². The van der Waals surface area contributed by atoms with Gasteiger partial charge in [0.2, 0.25) is 0 Å². The number of carbonyl (C=O) groups excluding carboxylic acids is 1. The molecule has 0 unspecified atom stereocenters. The Labute approximate surface area is 97.9 Å². The molecule has 1 rings (SSSR count). The molecular weight excluding hydrogens is 237 g/mol. The SMILES string of the molecule is CN(C)NC(=O)c1cc(N)c(Cl)c(Cl)c1. The molecule has 0 fully saturated rings. The Hall–Kier alpha value is -0.970. The van der Waals surface area contributed by atoms with E-state index < -0.39 is 0 Å². The summed E-state index contributed by atoms with van der Waals surface area (Å²) in [5.41, 5.74) is 8.81. The highest BCUT2D eigenvalue weighted by Crippen LogP contribution is 2.29. The fourth-order valence-electron chi connectivity index (χ4n) is 1.01. The van der Waals surface area contributed by atoms with Gasteiger partial charge in [-0.1, -0.05) is 23.2 Å². The molecule has 0 aromatic heterocycles. The molecule has 15 heavy (non-hydrogen) atoms. The first-order chi connectivity index (χ1) is 6.91. The summed E-state index contributed by atoms with van der Waals surface area (Å²) in [5.74, 6) is -0.287. The molecule has 82 valence electrons. The lowest BCUT2D eigenvalue weighted by Gasteiger charge is -2.12. The van der Waals surface area contributed by atoms with E-state index in [1.807, 2.05) is 0 Å². The number of hydrogen-bond donors (Lipinski definition) is 2. The molecule has 0 aliphatic heterocycles. The second kappa shape index (κ2) is 4.70. The maximum Gasteiger partial charge on any atom is 0.265 e. The van der Waals surface area contributed by atoms with Crippen LogP contribution < -0.4 is 11.2 Å². The van der Waals surface area contributed by atoms with Crippen molar-refractivity contribution in [2.45, 2.75) is 0 Å². The van der Waals surface area contributed by atoms with Crippen LogP contribution in [0.2, 0.25) is 10.0 Å². The van der Waals surface area contributed by atoms with Crippen LogP contribution in [0.5, 0.6) is 0 Å². The number of hydrazine groups is 1. The maximum atomic E-state index is 11.6. The molecule has 6 heteroatoms. The number of rotatable bonds is 2. The summed E-state index contributed by atoms with van der Waals surface area (Å²) in [6, 6.07) is 2.95. The monoisotopic (exact) mass is 247 g/mol. The number of nitrogens with zero attached hydrogens (tertiary/aromatic N) is 1. The van der Waals surface area contributed by atoms with Crippen molar-refractivity contribution in [1.29, 1.82) is 0 Å². The van der Waals surface area contributed by atoms with E-state index in [-0.39, 0.29) is 21.6 Å². The van der Waals surface area contributed by atoms with Crippen molar-refractivity contribution in [2.24, 2.45) is 0 Å². The highest BCUT2D eigenvalue weighted by Gasteiger charge is 2.11. The average molecular weight is 248 g/mol. The Morgan fingerprint density at radius 3 is 2.47 bits per heavy atom. The Morgan fingerprint density at radius 1 is 1.40 bits per heavy atom.